The van der Waals surface area contributed by atoms with Crippen LogP contribution in [-0.4, -0.2) is 37.6 Å². The van der Waals surface area contributed by atoms with Crippen molar-refractivity contribution in [2.75, 3.05) is 6.61 Å². The van der Waals surface area contributed by atoms with E-state index >= 15 is 0 Å². The van der Waals surface area contributed by atoms with Crippen molar-refractivity contribution in [3.63, 3.8) is 0 Å². The summed E-state index contributed by atoms with van der Waals surface area (Å²) >= 11 is 0. The van der Waals surface area contributed by atoms with Gasteiger partial charge in [0.05, 0.1) is 18.6 Å². The van der Waals surface area contributed by atoms with Crippen LogP contribution in [0.2, 0.25) is 5.04 Å². The third-order valence-electron chi connectivity index (χ3n) is 7.54. The molecule has 0 aliphatic carbocycles. The Morgan fingerprint density at radius 2 is 1.42 bits per heavy atom. The maximum Gasteiger partial charge on any atom is 0.261 e. The Hall–Kier alpha value is -2.47. The molecule has 4 rings (SSSR count). The van der Waals surface area contributed by atoms with Crippen LogP contribution in [0.15, 0.2) is 72.8 Å². The van der Waals surface area contributed by atoms with Gasteiger partial charge in [0.2, 0.25) is 5.91 Å². The monoisotopic (exact) mass is 503 g/mol. The first kappa shape index (κ1) is 26.6. The van der Waals surface area contributed by atoms with Gasteiger partial charge in [-0.3, -0.25) is 9.36 Å². The summed E-state index contributed by atoms with van der Waals surface area (Å²) in [6.45, 7) is 11.5. The fourth-order valence-corrected chi connectivity index (χ4v) is 10.4. The molecule has 0 unspecified atom stereocenters. The van der Waals surface area contributed by atoms with Gasteiger partial charge in [0.15, 0.2) is 0 Å². The van der Waals surface area contributed by atoms with Crippen molar-refractivity contribution in [3.8, 4) is 0 Å². The molecule has 0 amide bonds. The van der Waals surface area contributed by atoms with Crippen molar-refractivity contribution in [3.05, 3.63) is 84.2 Å². The normalized spacial score (nSPS) is 18.8. The van der Waals surface area contributed by atoms with E-state index < -0.39 is 8.32 Å². The van der Waals surface area contributed by atoms with E-state index in [1.165, 1.54) is 10.4 Å². The second-order valence-electron chi connectivity index (χ2n) is 11.2. The average molecular weight is 504 g/mol. The number of hydrogen-bond donors (Lipinski definition) is 0. The number of nitrogens with zero attached hydrogens (tertiary/aromatic N) is 1. The lowest BCUT2D eigenvalue weighted by molar-refractivity contribution is -0.0575. The molecular weight excluding hydrogens is 462 g/mol. The third-order valence-corrected chi connectivity index (χ3v) is 12.6. The first-order valence-corrected chi connectivity index (χ1v) is 15.2. The van der Waals surface area contributed by atoms with Gasteiger partial charge in [0.25, 0.3) is 8.32 Å². The SMILES string of the molecule is Cc1ccc(C)n1C(=O)C[C@H]1CCC[C@@H](CCO[Si](c2ccccc2)(c2ccccc2)C(C)(C)C)O1. The van der Waals surface area contributed by atoms with Crippen LogP contribution >= 0.6 is 0 Å². The average Bonchev–Trinajstić information content (AvgIpc) is 3.20. The molecule has 2 heterocycles. The summed E-state index contributed by atoms with van der Waals surface area (Å²) in [6, 6.07) is 25.6. The molecule has 36 heavy (non-hydrogen) atoms. The highest BCUT2D eigenvalue weighted by molar-refractivity contribution is 6.99. The zero-order valence-electron chi connectivity index (χ0n) is 22.5. The van der Waals surface area contributed by atoms with Gasteiger partial charge in [-0.2, -0.15) is 0 Å². The van der Waals surface area contributed by atoms with E-state index in [1.807, 2.05) is 30.5 Å². The van der Waals surface area contributed by atoms with E-state index in [4.69, 9.17) is 9.16 Å². The van der Waals surface area contributed by atoms with Crippen LogP contribution in [0.1, 0.15) is 69.1 Å². The molecule has 1 fully saturated rings. The number of aromatic nitrogens is 1. The second-order valence-corrected chi connectivity index (χ2v) is 15.5. The maximum absolute atomic E-state index is 13.0. The Kier molecular flexibility index (Phi) is 8.33. The number of aryl methyl sites for hydroxylation is 2. The number of ether oxygens (including phenoxy) is 1. The van der Waals surface area contributed by atoms with E-state index in [-0.39, 0.29) is 23.2 Å². The summed E-state index contributed by atoms with van der Waals surface area (Å²) in [5, 5.41) is 2.56. The summed E-state index contributed by atoms with van der Waals surface area (Å²) in [7, 11) is -2.54. The predicted molar refractivity (Wildman–Crippen MR) is 150 cm³/mol. The van der Waals surface area contributed by atoms with Gasteiger partial charge in [-0.05, 0) is 67.1 Å². The Morgan fingerprint density at radius 1 is 0.889 bits per heavy atom. The standard InChI is InChI=1S/C31H41NO3Si/c1-24-19-20-25(2)32(24)30(33)23-27-14-12-13-26(35-27)21-22-34-36(31(3,4)5,28-15-8-6-9-16-28)29-17-10-7-11-18-29/h6-11,15-20,26-27H,12-14,21-23H2,1-5H3/t26-,27+/m0/s1. The topological polar surface area (TPSA) is 40.5 Å². The van der Waals surface area contributed by atoms with Gasteiger partial charge >= 0.3 is 0 Å². The molecule has 2 atom stereocenters. The third kappa shape index (κ3) is 5.59. The van der Waals surface area contributed by atoms with Crippen molar-refractivity contribution >= 4 is 24.6 Å². The lowest BCUT2D eigenvalue weighted by atomic mass is 10.00. The van der Waals surface area contributed by atoms with Crippen LogP contribution in [-0.2, 0) is 9.16 Å². The largest absolute Gasteiger partial charge is 0.407 e. The first-order valence-electron chi connectivity index (χ1n) is 13.3. The molecule has 0 spiro atoms. The minimum atomic E-state index is -2.54. The van der Waals surface area contributed by atoms with Crippen molar-refractivity contribution in [2.24, 2.45) is 0 Å². The second kappa shape index (κ2) is 11.3. The van der Waals surface area contributed by atoms with Gasteiger partial charge < -0.3 is 9.16 Å². The van der Waals surface area contributed by atoms with Gasteiger partial charge in [-0.15, -0.1) is 0 Å². The molecular formula is C31H41NO3Si. The highest BCUT2D eigenvalue weighted by atomic mass is 28.4. The molecule has 2 aromatic carbocycles. The Labute approximate surface area is 217 Å². The lowest BCUT2D eigenvalue weighted by Gasteiger charge is -2.43. The van der Waals surface area contributed by atoms with Gasteiger partial charge in [0.1, 0.15) is 0 Å². The zero-order chi connectivity index (χ0) is 25.8. The van der Waals surface area contributed by atoms with Gasteiger partial charge in [-0.1, -0.05) is 81.4 Å². The van der Waals surface area contributed by atoms with Gasteiger partial charge in [-0.25, -0.2) is 0 Å². The fraction of sp³-hybridized carbons (Fsp3) is 0.452. The fourth-order valence-electron chi connectivity index (χ4n) is 5.80. The molecule has 192 valence electrons. The number of rotatable bonds is 8. The Balaban J connectivity index is 1.46. The molecule has 1 aromatic heterocycles. The van der Waals surface area contributed by atoms with Crippen LogP contribution in [0, 0.1) is 13.8 Å². The molecule has 5 heteroatoms. The van der Waals surface area contributed by atoms with E-state index in [9.17, 15) is 4.79 Å². The minimum Gasteiger partial charge on any atom is -0.407 e. The van der Waals surface area contributed by atoms with E-state index in [2.05, 4.69) is 81.4 Å². The molecule has 1 saturated heterocycles. The molecule has 0 bridgehead atoms. The molecule has 0 saturated carbocycles. The van der Waals surface area contributed by atoms with Crippen LogP contribution in [0.25, 0.3) is 0 Å². The number of benzene rings is 2. The summed E-state index contributed by atoms with van der Waals surface area (Å²) in [4.78, 5) is 13.0. The lowest BCUT2D eigenvalue weighted by Crippen LogP contribution is -2.66. The number of carbonyl (C=O) groups is 1. The smallest absolute Gasteiger partial charge is 0.261 e. The highest BCUT2D eigenvalue weighted by Crippen LogP contribution is 2.37. The van der Waals surface area contributed by atoms with Crippen LogP contribution < -0.4 is 10.4 Å². The number of hydrogen-bond acceptors (Lipinski definition) is 3. The Bertz CT molecular complexity index is 1070. The molecule has 1 aliphatic rings. The molecule has 1 aliphatic heterocycles. The van der Waals surface area contributed by atoms with E-state index in [1.54, 1.807) is 0 Å². The maximum atomic E-state index is 13.0. The summed E-state index contributed by atoms with van der Waals surface area (Å²) in [6.07, 6.45) is 4.44. The summed E-state index contributed by atoms with van der Waals surface area (Å²) in [5.41, 5.74) is 1.98. The van der Waals surface area contributed by atoms with Crippen LogP contribution in [0.3, 0.4) is 0 Å². The van der Waals surface area contributed by atoms with Gasteiger partial charge in [0, 0.05) is 18.0 Å². The number of carbonyl (C=O) groups excluding carboxylic acids is 1. The van der Waals surface area contributed by atoms with Crippen molar-refractivity contribution < 1.29 is 14.0 Å². The van der Waals surface area contributed by atoms with Crippen molar-refractivity contribution in [2.45, 2.75) is 84.0 Å². The zero-order valence-corrected chi connectivity index (χ0v) is 23.5. The van der Waals surface area contributed by atoms with Crippen molar-refractivity contribution in [1.82, 2.24) is 4.57 Å². The molecule has 3 aromatic rings. The summed E-state index contributed by atoms with van der Waals surface area (Å²) in [5.74, 6) is 0.129. The highest BCUT2D eigenvalue weighted by Gasteiger charge is 2.50. The molecule has 4 nitrogen and oxygen atoms in total. The van der Waals surface area contributed by atoms with Crippen molar-refractivity contribution in [1.29, 1.82) is 0 Å². The summed E-state index contributed by atoms with van der Waals surface area (Å²) < 4.78 is 15.3. The van der Waals surface area contributed by atoms with E-state index in [0.717, 1.165) is 37.1 Å². The molecule has 0 radical (unpaired) electrons. The van der Waals surface area contributed by atoms with Crippen LogP contribution in [0.4, 0.5) is 0 Å². The Morgan fingerprint density at radius 3 is 1.94 bits per heavy atom. The van der Waals surface area contributed by atoms with E-state index in [0.29, 0.717) is 13.0 Å². The minimum absolute atomic E-state index is 0.0229. The molecule has 0 N–H and O–H groups in total. The first-order chi connectivity index (χ1) is 17.2. The quantitative estimate of drug-likeness (QED) is 0.352. The predicted octanol–water partition coefficient (Wildman–Crippen LogP) is 6.04. The van der Waals surface area contributed by atoms with Crippen LogP contribution in [0.5, 0.6) is 0 Å².